The smallest absolute Gasteiger partial charge is 0.0789 e. The lowest BCUT2D eigenvalue weighted by molar-refractivity contribution is 0.660. The van der Waals surface area contributed by atoms with Gasteiger partial charge >= 0.3 is 0 Å². The largest absolute Gasteiger partial charge is 0.310 e. The molecule has 12 rings (SSSR count). The lowest BCUT2D eigenvalue weighted by Gasteiger charge is -2.28. The first-order chi connectivity index (χ1) is 26.6. The molecule has 3 nitrogen and oxygen atoms in total. The van der Waals surface area contributed by atoms with Crippen LogP contribution in [0.4, 0.5) is 17.1 Å². The molecule has 0 unspecified atom stereocenters. The maximum absolute atomic E-state index is 2.52. The number of nitrogens with zero attached hydrogens (tertiary/aromatic N) is 3. The Kier molecular flexibility index (Phi) is 5.84. The summed E-state index contributed by atoms with van der Waals surface area (Å²) in [6.07, 6.45) is 0. The molecule has 0 aliphatic heterocycles. The zero-order chi connectivity index (χ0) is 35.7. The van der Waals surface area contributed by atoms with Crippen molar-refractivity contribution in [3.05, 3.63) is 187 Å². The van der Waals surface area contributed by atoms with Crippen molar-refractivity contribution in [2.24, 2.45) is 0 Å². The minimum absolute atomic E-state index is 0.110. The molecule has 0 radical (unpaired) electrons. The summed E-state index contributed by atoms with van der Waals surface area (Å²) >= 11 is 0. The molecule has 3 heterocycles. The number of rotatable bonds is 4. The predicted molar refractivity (Wildman–Crippen MR) is 227 cm³/mol. The Morgan fingerprint density at radius 1 is 0.370 bits per heavy atom. The maximum atomic E-state index is 2.52. The maximum Gasteiger partial charge on any atom is 0.0789 e. The Morgan fingerprint density at radius 3 is 1.63 bits per heavy atom. The number of anilines is 3. The topological polar surface area (TPSA) is 12.1 Å². The number of hydrogen-bond donors (Lipinski definition) is 0. The fourth-order valence-electron chi connectivity index (χ4n) is 9.73. The summed E-state index contributed by atoms with van der Waals surface area (Å²) < 4.78 is 5.02. The van der Waals surface area contributed by atoms with Crippen LogP contribution in [0.2, 0.25) is 0 Å². The standard InChI is InChI=1S/C51H35N3/c1-51(2)43-17-9-6-14-37(43)38-26-24-35(30-44(38)51)52(34-22-20-33(21-23-34)32-12-4-3-5-13-32)36-25-29-47-48(31-36)54-46-19-11-8-16-40(46)42-28-27-41-39-15-7-10-18-45(39)53(47)49(41)50(42)54/h3-31H,1-2H3. The second-order valence-electron chi connectivity index (χ2n) is 15.4. The quantitative estimate of drug-likeness (QED) is 0.168. The second-order valence-corrected chi connectivity index (χ2v) is 15.4. The number of para-hydroxylation sites is 2. The van der Waals surface area contributed by atoms with E-state index in [1.807, 2.05) is 0 Å². The van der Waals surface area contributed by atoms with Gasteiger partial charge < -0.3 is 13.7 Å². The molecular weight excluding hydrogens is 655 g/mol. The monoisotopic (exact) mass is 689 g/mol. The molecule has 0 saturated carbocycles. The molecule has 1 aliphatic rings. The van der Waals surface area contributed by atoms with Crippen molar-refractivity contribution in [3.63, 3.8) is 0 Å². The highest BCUT2D eigenvalue weighted by Crippen LogP contribution is 2.51. The van der Waals surface area contributed by atoms with E-state index in [1.165, 1.54) is 88.0 Å². The first kappa shape index (κ1) is 29.7. The normalized spacial score (nSPS) is 13.5. The zero-order valence-electron chi connectivity index (χ0n) is 30.1. The lowest BCUT2D eigenvalue weighted by Crippen LogP contribution is -2.16. The molecule has 0 N–H and O–H groups in total. The van der Waals surface area contributed by atoms with E-state index in [4.69, 9.17) is 0 Å². The van der Waals surface area contributed by atoms with Crippen molar-refractivity contribution in [3.8, 4) is 22.3 Å². The van der Waals surface area contributed by atoms with Crippen LogP contribution in [-0.2, 0) is 5.41 Å². The van der Waals surface area contributed by atoms with E-state index in [0.717, 1.165) is 17.1 Å². The van der Waals surface area contributed by atoms with Crippen LogP contribution in [0.5, 0.6) is 0 Å². The van der Waals surface area contributed by atoms with Gasteiger partial charge in [-0.2, -0.15) is 0 Å². The fraction of sp³-hybridized carbons (Fsp3) is 0.0588. The van der Waals surface area contributed by atoms with Gasteiger partial charge in [0.2, 0.25) is 0 Å². The summed E-state index contributed by atoms with van der Waals surface area (Å²) in [5.74, 6) is 0. The number of benzene rings is 8. The highest BCUT2D eigenvalue weighted by atomic mass is 15.1. The van der Waals surface area contributed by atoms with Gasteiger partial charge in [-0.1, -0.05) is 135 Å². The summed E-state index contributed by atoms with van der Waals surface area (Å²) in [6.45, 7) is 4.72. The molecular formula is C51H35N3. The molecule has 1 aliphatic carbocycles. The molecule has 54 heavy (non-hydrogen) atoms. The highest BCUT2D eigenvalue weighted by Gasteiger charge is 2.36. The summed E-state index contributed by atoms with van der Waals surface area (Å²) in [5.41, 5.74) is 18.5. The van der Waals surface area contributed by atoms with Gasteiger partial charge in [-0.15, -0.1) is 0 Å². The van der Waals surface area contributed by atoms with Crippen molar-refractivity contribution in [1.29, 1.82) is 0 Å². The van der Waals surface area contributed by atoms with Crippen LogP contribution in [0.25, 0.3) is 76.9 Å². The van der Waals surface area contributed by atoms with Gasteiger partial charge in [0, 0.05) is 44.0 Å². The Bertz CT molecular complexity index is 3290. The van der Waals surface area contributed by atoms with Gasteiger partial charge in [0.05, 0.1) is 33.1 Å². The summed E-state index contributed by atoms with van der Waals surface area (Å²) in [4.78, 5) is 2.45. The van der Waals surface area contributed by atoms with Crippen LogP contribution in [0.1, 0.15) is 25.0 Å². The lowest BCUT2D eigenvalue weighted by atomic mass is 9.82. The summed E-state index contributed by atoms with van der Waals surface area (Å²) in [6, 6.07) is 65.1. The predicted octanol–water partition coefficient (Wildman–Crippen LogP) is 13.7. The van der Waals surface area contributed by atoms with Crippen LogP contribution < -0.4 is 4.90 Å². The van der Waals surface area contributed by atoms with E-state index >= 15 is 0 Å². The summed E-state index contributed by atoms with van der Waals surface area (Å²) in [7, 11) is 0. The Balaban J connectivity index is 1.15. The Labute approximate surface area is 312 Å². The first-order valence-corrected chi connectivity index (χ1v) is 18.9. The molecule has 0 bridgehead atoms. The van der Waals surface area contributed by atoms with Gasteiger partial charge in [-0.3, -0.25) is 0 Å². The van der Waals surface area contributed by atoms with E-state index in [2.05, 4.69) is 203 Å². The fourth-order valence-corrected chi connectivity index (χ4v) is 9.73. The van der Waals surface area contributed by atoms with Gasteiger partial charge in [0.15, 0.2) is 0 Å². The first-order valence-electron chi connectivity index (χ1n) is 18.9. The molecule has 0 amide bonds. The van der Waals surface area contributed by atoms with Crippen LogP contribution in [-0.4, -0.2) is 8.80 Å². The third-order valence-corrected chi connectivity index (χ3v) is 12.2. The van der Waals surface area contributed by atoms with Crippen molar-refractivity contribution in [2.75, 3.05) is 4.90 Å². The van der Waals surface area contributed by atoms with Crippen LogP contribution in [0.15, 0.2) is 176 Å². The van der Waals surface area contributed by atoms with Crippen LogP contribution >= 0.6 is 0 Å². The molecule has 3 heteroatoms. The molecule has 0 atom stereocenters. The van der Waals surface area contributed by atoms with Gasteiger partial charge in [-0.05, 0) is 88.0 Å². The Hall–Kier alpha value is -6.84. The molecule has 3 aromatic heterocycles. The molecule has 0 spiro atoms. The molecule has 254 valence electrons. The van der Waals surface area contributed by atoms with Crippen molar-refractivity contribution in [2.45, 2.75) is 19.3 Å². The van der Waals surface area contributed by atoms with E-state index in [9.17, 15) is 0 Å². The second kappa shape index (κ2) is 10.6. The van der Waals surface area contributed by atoms with Crippen LogP contribution in [0, 0.1) is 0 Å². The number of hydrogen-bond acceptors (Lipinski definition) is 1. The third-order valence-electron chi connectivity index (χ3n) is 12.2. The van der Waals surface area contributed by atoms with Crippen molar-refractivity contribution >= 4 is 71.7 Å². The number of fused-ring (bicyclic) bond motifs is 12. The molecule has 11 aromatic rings. The highest BCUT2D eigenvalue weighted by molar-refractivity contribution is 6.25. The summed E-state index contributed by atoms with van der Waals surface area (Å²) in [5, 5.41) is 5.13. The van der Waals surface area contributed by atoms with Gasteiger partial charge in [0.1, 0.15) is 0 Å². The molecule has 0 fully saturated rings. The van der Waals surface area contributed by atoms with E-state index < -0.39 is 0 Å². The SMILES string of the molecule is CC1(C)c2ccccc2-c2ccc(N(c3ccc(-c4ccccc4)cc3)c3ccc4c(c3)n3c5ccccc5c5ccc6c7ccccc7n4c6c53)cc21. The van der Waals surface area contributed by atoms with E-state index in [-0.39, 0.29) is 5.41 Å². The minimum Gasteiger partial charge on any atom is -0.310 e. The van der Waals surface area contributed by atoms with Crippen molar-refractivity contribution in [1.82, 2.24) is 8.80 Å². The molecule has 0 saturated heterocycles. The van der Waals surface area contributed by atoms with Gasteiger partial charge in [-0.25, -0.2) is 0 Å². The zero-order valence-corrected chi connectivity index (χ0v) is 30.1. The van der Waals surface area contributed by atoms with E-state index in [1.54, 1.807) is 0 Å². The Morgan fingerprint density at radius 2 is 0.907 bits per heavy atom. The number of aromatic nitrogens is 2. The van der Waals surface area contributed by atoms with Gasteiger partial charge in [0.25, 0.3) is 0 Å². The average molecular weight is 690 g/mol. The minimum atomic E-state index is -0.110. The van der Waals surface area contributed by atoms with E-state index in [0.29, 0.717) is 0 Å². The third kappa shape index (κ3) is 3.85. The average Bonchev–Trinajstić information content (AvgIpc) is 3.82. The van der Waals surface area contributed by atoms with Crippen LogP contribution in [0.3, 0.4) is 0 Å². The van der Waals surface area contributed by atoms with Crippen molar-refractivity contribution < 1.29 is 0 Å². The molecule has 8 aromatic carbocycles.